The predicted octanol–water partition coefficient (Wildman–Crippen LogP) is 3.34. The Morgan fingerprint density at radius 1 is 1.17 bits per heavy atom. The van der Waals surface area contributed by atoms with Gasteiger partial charge in [0.2, 0.25) is 5.91 Å². The number of amides is 1. The van der Waals surface area contributed by atoms with Crippen molar-refractivity contribution in [3.8, 4) is 5.75 Å². The van der Waals surface area contributed by atoms with Gasteiger partial charge in [0.25, 0.3) is 0 Å². The molecule has 0 radical (unpaired) electrons. The fourth-order valence-electron chi connectivity index (χ4n) is 2.70. The lowest BCUT2D eigenvalue weighted by molar-refractivity contribution is -0.120. The van der Waals surface area contributed by atoms with Gasteiger partial charge in [-0.15, -0.1) is 0 Å². The number of nitrogens with one attached hydrogen (secondary N) is 2. The number of carbonyl (C=O) groups is 1. The first-order chi connectivity index (χ1) is 11.7. The fourth-order valence-corrected chi connectivity index (χ4v) is 2.70. The average molecular weight is 328 g/mol. The molecule has 0 aromatic heterocycles. The molecule has 1 fully saturated rings. The van der Waals surface area contributed by atoms with Crippen molar-refractivity contribution in [1.82, 2.24) is 5.32 Å². The van der Waals surface area contributed by atoms with E-state index >= 15 is 0 Å². The molecule has 1 atom stereocenters. The summed E-state index contributed by atoms with van der Waals surface area (Å²) in [5.74, 6) is 0.541. The Labute approximate surface area is 141 Å². The molecule has 0 saturated carbocycles. The number of carbonyl (C=O) groups excluding carboxylic acids is 1. The normalized spacial score (nSPS) is 17.3. The van der Waals surface area contributed by atoms with Crippen LogP contribution in [0, 0.1) is 11.7 Å². The third kappa shape index (κ3) is 4.55. The summed E-state index contributed by atoms with van der Waals surface area (Å²) in [6, 6.07) is 13.5. The summed E-state index contributed by atoms with van der Waals surface area (Å²) in [5, 5.41) is 6.18. The van der Waals surface area contributed by atoms with E-state index in [1.165, 1.54) is 12.1 Å². The highest BCUT2D eigenvalue weighted by atomic mass is 19.1. The number of anilines is 1. The molecule has 2 N–H and O–H groups in total. The molecular weight excluding hydrogens is 307 g/mol. The number of hydrogen-bond donors (Lipinski definition) is 2. The molecular formula is C19H21FN2O2. The van der Waals surface area contributed by atoms with Gasteiger partial charge in [0, 0.05) is 12.2 Å². The Morgan fingerprint density at radius 3 is 2.58 bits per heavy atom. The van der Waals surface area contributed by atoms with E-state index in [0.29, 0.717) is 12.4 Å². The van der Waals surface area contributed by atoms with Crippen LogP contribution in [-0.4, -0.2) is 19.0 Å². The van der Waals surface area contributed by atoms with Crippen molar-refractivity contribution >= 4 is 11.6 Å². The van der Waals surface area contributed by atoms with Crippen molar-refractivity contribution in [2.24, 2.45) is 5.92 Å². The molecule has 0 bridgehead atoms. The molecule has 126 valence electrons. The minimum Gasteiger partial charge on any atom is -0.489 e. The molecule has 3 rings (SSSR count). The Morgan fingerprint density at radius 2 is 1.92 bits per heavy atom. The molecule has 0 spiro atoms. The number of piperidine rings is 1. The lowest BCUT2D eigenvalue weighted by atomic mass is 9.99. The third-order valence-electron chi connectivity index (χ3n) is 4.11. The first-order valence-corrected chi connectivity index (χ1v) is 8.19. The van der Waals surface area contributed by atoms with E-state index in [4.69, 9.17) is 4.74 Å². The summed E-state index contributed by atoms with van der Waals surface area (Å²) < 4.78 is 18.5. The smallest absolute Gasteiger partial charge is 0.228 e. The first kappa shape index (κ1) is 16.5. The summed E-state index contributed by atoms with van der Waals surface area (Å²) in [6.07, 6.45) is 1.96. The predicted molar refractivity (Wildman–Crippen MR) is 91.4 cm³/mol. The van der Waals surface area contributed by atoms with Gasteiger partial charge in [0.15, 0.2) is 0 Å². The second-order valence-electron chi connectivity index (χ2n) is 5.97. The lowest BCUT2D eigenvalue weighted by Gasteiger charge is -2.21. The molecule has 1 aliphatic heterocycles. The van der Waals surface area contributed by atoms with Gasteiger partial charge in [-0.05, 0) is 61.3 Å². The van der Waals surface area contributed by atoms with E-state index in [0.717, 1.165) is 37.2 Å². The molecule has 2 aromatic rings. The van der Waals surface area contributed by atoms with Gasteiger partial charge in [-0.3, -0.25) is 4.79 Å². The van der Waals surface area contributed by atoms with Gasteiger partial charge < -0.3 is 15.4 Å². The van der Waals surface area contributed by atoms with Crippen molar-refractivity contribution in [2.45, 2.75) is 19.4 Å². The van der Waals surface area contributed by atoms with Gasteiger partial charge in [-0.25, -0.2) is 4.39 Å². The number of halogens is 1. The van der Waals surface area contributed by atoms with Gasteiger partial charge in [-0.1, -0.05) is 12.1 Å². The van der Waals surface area contributed by atoms with Crippen molar-refractivity contribution in [3.05, 3.63) is 59.9 Å². The quantitative estimate of drug-likeness (QED) is 0.885. The summed E-state index contributed by atoms with van der Waals surface area (Å²) in [4.78, 5) is 12.2. The maximum atomic E-state index is 12.9. The molecule has 0 aliphatic carbocycles. The molecule has 4 nitrogen and oxygen atoms in total. The first-order valence-electron chi connectivity index (χ1n) is 8.19. The van der Waals surface area contributed by atoms with Crippen molar-refractivity contribution in [3.63, 3.8) is 0 Å². The SMILES string of the molecule is O=C(Nc1ccc(OCc2ccc(F)cc2)cc1)C1CCCNC1. The summed E-state index contributed by atoms with van der Waals surface area (Å²) in [7, 11) is 0. The zero-order valence-corrected chi connectivity index (χ0v) is 13.4. The molecule has 1 heterocycles. The zero-order valence-electron chi connectivity index (χ0n) is 13.4. The second-order valence-corrected chi connectivity index (χ2v) is 5.97. The van der Waals surface area contributed by atoms with Crippen LogP contribution >= 0.6 is 0 Å². The van der Waals surface area contributed by atoms with Crippen LogP contribution in [0.4, 0.5) is 10.1 Å². The van der Waals surface area contributed by atoms with Crippen LogP contribution in [-0.2, 0) is 11.4 Å². The monoisotopic (exact) mass is 328 g/mol. The minimum absolute atomic E-state index is 0.0353. The lowest BCUT2D eigenvalue weighted by Crippen LogP contribution is -2.37. The Kier molecular flexibility index (Phi) is 5.43. The fraction of sp³-hybridized carbons (Fsp3) is 0.316. The molecule has 1 saturated heterocycles. The van der Waals surface area contributed by atoms with Gasteiger partial charge in [0.05, 0.1) is 5.92 Å². The zero-order chi connectivity index (χ0) is 16.8. The Bertz CT molecular complexity index is 665. The van der Waals surface area contributed by atoms with E-state index in [1.54, 1.807) is 12.1 Å². The van der Waals surface area contributed by atoms with E-state index in [-0.39, 0.29) is 17.6 Å². The summed E-state index contributed by atoms with van der Waals surface area (Å²) >= 11 is 0. The van der Waals surface area contributed by atoms with E-state index in [1.807, 2.05) is 24.3 Å². The maximum absolute atomic E-state index is 12.9. The second kappa shape index (κ2) is 7.93. The summed E-state index contributed by atoms with van der Waals surface area (Å²) in [6.45, 7) is 2.11. The highest BCUT2D eigenvalue weighted by Gasteiger charge is 2.20. The molecule has 1 aliphatic rings. The number of ether oxygens (including phenoxy) is 1. The van der Waals surface area contributed by atoms with E-state index < -0.39 is 0 Å². The third-order valence-corrected chi connectivity index (χ3v) is 4.11. The highest BCUT2D eigenvalue weighted by molar-refractivity contribution is 5.92. The van der Waals surface area contributed by atoms with Crippen LogP contribution in [0.25, 0.3) is 0 Å². The Hall–Kier alpha value is -2.40. The van der Waals surface area contributed by atoms with Gasteiger partial charge in [-0.2, -0.15) is 0 Å². The number of rotatable bonds is 5. The summed E-state index contributed by atoms with van der Waals surface area (Å²) in [5.41, 5.74) is 1.67. The molecule has 5 heteroatoms. The number of benzene rings is 2. The van der Waals surface area contributed by atoms with Gasteiger partial charge >= 0.3 is 0 Å². The van der Waals surface area contributed by atoms with Crippen molar-refractivity contribution in [2.75, 3.05) is 18.4 Å². The molecule has 2 aromatic carbocycles. The Balaban J connectivity index is 1.51. The highest BCUT2D eigenvalue weighted by Crippen LogP contribution is 2.19. The maximum Gasteiger partial charge on any atom is 0.228 e. The van der Waals surface area contributed by atoms with Crippen LogP contribution in [0.15, 0.2) is 48.5 Å². The van der Waals surface area contributed by atoms with Crippen LogP contribution in [0.3, 0.4) is 0 Å². The van der Waals surface area contributed by atoms with E-state index in [9.17, 15) is 9.18 Å². The minimum atomic E-state index is -0.257. The molecule has 1 amide bonds. The van der Waals surface area contributed by atoms with Crippen LogP contribution in [0.2, 0.25) is 0 Å². The van der Waals surface area contributed by atoms with Crippen molar-refractivity contribution < 1.29 is 13.9 Å². The van der Waals surface area contributed by atoms with Crippen LogP contribution in [0.5, 0.6) is 5.75 Å². The molecule has 24 heavy (non-hydrogen) atoms. The standard InChI is InChI=1S/C19H21FN2O2/c20-16-5-3-14(4-6-16)13-24-18-9-7-17(8-10-18)22-19(23)15-2-1-11-21-12-15/h3-10,15,21H,1-2,11-13H2,(H,22,23). The number of hydrogen-bond acceptors (Lipinski definition) is 3. The van der Waals surface area contributed by atoms with Crippen molar-refractivity contribution in [1.29, 1.82) is 0 Å². The molecule has 1 unspecified atom stereocenters. The van der Waals surface area contributed by atoms with Crippen LogP contribution < -0.4 is 15.4 Å². The van der Waals surface area contributed by atoms with Crippen LogP contribution in [0.1, 0.15) is 18.4 Å². The largest absolute Gasteiger partial charge is 0.489 e. The van der Waals surface area contributed by atoms with E-state index in [2.05, 4.69) is 10.6 Å². The van der Waals surface area contributed by atoms with Gasteiger partial charge in [0.1, 0.15) is 18.2 Å². The topological polar surface area (TPSA) is 50.4 Å². The average Bonchev–Trinajstić information content (AvgIpc) is 2.63.